The van der Waals surface area contributed by atoms with E-state index >= 15 is 0 Å². The first-order valence-electron chi connectivity index (χ1n) is 8.98. The molecule has 2 aromatic carbocycles. The molecule has 26 heavy (non-hydrogen) atoms. The summed E-state index contributed by atoms with van der Waals surface area (Å²) in [6, 6.07) is 14.8. The maximum absolute atomic E-state index is 10.2. The number of nitrogens with one attached hydrogen (secondary N) is 1. The minimum absolute atomic E-state index is 0.410. The zero-order chi connectivity index (χ0) is 18.4. The Labute approximate surface area is 183 Å². The highest BCUT2D eigenvalue weighted by Crippen LogP contribution is 2.26. The molecule has 2 N–H and O–H groups in total. The fourth-order valence-corrected chi connectivity index (χ4v) is 5.19. The number of aromatic hydroxyl groups is 1. The molecule has 4 nitrogen and oxygen atoms in total. The third-order valence-corrected chi connectivity index (χ3v) is 6.19. The van der Waals surface area contributed by atoms with Gasteiger partial charge in [0.1, 0.15) is 5.75 Å². The predicted molar refractivity (Wildman–Crippen MR) is 123 cm³/mol. The largest absolute Gasteiger partial charge is 0.507 e. The first-order valence-corrected chi connectivity index (χ1v) is 11.1. The number of benzene rings is 2. The topological polar surface area (TPSA) is 38.7 Å². The van der Waals surface area contributed by atoms with Crippen LogP contribution in [0.5, 0.6) is 5.75 Å². The van der Waals surface area contributed by atoms with Gasteiger partial charge in [-0.05, 0) is 62.9 Å². The molecule has 1 fully saturated rings. The molecule has 0 bridgehead atoms. The van der Waals surface area contributed by atoms with Crippen molar-refractivity contribution in [1.82, 2.24) is 15.1 Å². The second kappa shape index (κ2) is 10.2. The van der Waals surface area contributed by atoms with Gasteiger partial charge in [0.15, 0.2) is 0 Å². The van der Waals surface area contributed by atoms with Gasteiger partial charge >= 0.3 is 0 Å². The van der Waals surface area contributed by atoms with Crippen molar-refractivity contribution in [3.8, 4) is 5.75 Å². The highest BCUT2D eigenvalue weighted by Gasteiger charge is 2.16. The van der Waals surface area contributed by atoms with E-state index < -0.39 is 0 Å². The van der Waals surface area contributed by atoms with Crippen LogP contribution in [0.3, 0.4) is 0 Å². The van der Waals surface area contributed by atoms with Crippen molar-refractivity contribution in [2.45, 2.75) is 13.1 Å². The van der Waals surface area contributed by atoms with Crippen LogP contribution in [0.4, 0.5) is 0 Å². The molecule has 0 saturated carbocycles. The first kappa shape index (κ1) is 20.3. The Morgan fingerprint density at radius 1 is 0.962 bits per heavy atom. The SMILES string of the molecule is Oc1c(I)cc(I)cc1CNCCN1CCN(Cc2ccccc2)CC1. The predicted octanol–water partition coefficient (Wildman–Crippen LogP) is 3.51. The normalized spacial score (nSPS) is 16.1. The first-order chi connectivity index (χ1) is 12.6. The van der Waals surface area contributed by atoms with E-state index in [2.05, 4.69) is 90.6 Å². The molecule has 2 aromatic rings. The van der Waals surface area contributed by atoms with E-state index in [-0.39, 0.29) is 0 Å². The molecule has 3 rings (SSSR count). The smallest absolute Gasteiger partial charge is 0.133 e. The van der Waals surface area contributed by atoms with E-state index in [9.17, 15) is 5.11 Å². The van der Waals surface area contributed by atoms with Gasteiger partial charge in [-0.3, -0.25) is 9.80 Å². The van der Waals surface area contributed by atoms with Gasteiger partial charge in [0, 0.05) is 61.5 Å². The van der Waals surface area contributed by atoms with E-state index in [0.29, 0.717) is 12.3 Å². The standard InChI is InChI=1S/C20H25I2N3O/c21-18-12-17(20(26)19(22)13-18)14-23-6-7-24-8-10-25(11-9-24)15-16-4-2-1-3-5-16/h1-5,12-13,23,26H,6-11,14-15H2. The van der Waals surface area contributed by atoms with Gasteiger partial charge in [-0.15, -0.1) is 0 Å². The monoisotopic (exact) mass is 577 g/mol. The molecule has 0 unspecified atom stereocenters. The quantitative estimate of drug-likeness (QED) is 0.391. The average molecular weight is 577 g/mol. The van der Waals surface area contributed by atoms with Crippen molar-refractivity contribution in [3.05, 3.63) is 60.7 Å². The van der Waals surface area contributed by atoms with Crippen molar-refractivity contribution >= 4 is 45.2 Å². The van der Waals surface area contributed by atoms with Gasteiger partial charge < -0.3 is 10.4 Å². The van der Waals surface area contributed by atoms with Gasteiger partial charge in [-0.1, -0.05) is 30.3 Å². The molecule has 0 amide bonds. The fourth-order valence-electron chi connectivity index (χ4n) is 3.23. The Bertz CT molecular complexity index is 704. The number of halogens is 2. The van der Waals surface area contributed by atoms with Gasteiger partial charge in [0.05, 0.1) is 3.57 Å². The number of hydrogen-bond acceptors (Lipinski definition) is 4. The number of phenols is 1. The Hall–Kier alpha value is -0.420. The van der Waals surface area contributed by atoms with Gasteiger partial charge in [-0.25, -0.2) is 0 Å². The minimum Gasteiger partial charge on any atom is -0.507 e. The van der Waals surface area contributed by atoms with Crippen LogP contribution in [0.2, 0.25) is 0 Å². The van der Waals surface area contributed by atoms with Gasteiger partial charge in [0.2, 0.25) is 0 Å². The molecule has 0 atom stereocenters. The zero-order valence-electron chi connectivity index (χ0n) is 14.8. The molecule has 0 aliphatic carbocycles. The van der Waals surface area contributed by atoms with E-state index in [1.807, 2.05) is 12.1 Å². The molecule has 0 spiro atoms. The van der Waals surface area contributed by atoms with Crippen molar-refractivity contribution in [2.75, 3.05) is 39.3 Å². The van der Waals surface area contributed by atoms with Crippen LogP contribution in [0, 0.1) is 7.14 Å². The summed E-state index contributed by atoms with van der Waals surface area (Å²) in [4.78, 5) is 5.05. The summed E-state index contributed by atoms with van der Waals surface area (Å²) in [7, 11) is 0. The summed E-state index contributed by atoms with van der Waals surface area (Å²) in [6.45, 7) is 8.28. The van der Waals surface area contributed by atoms with Crippen molar-refractivity contribution in [2.24, 2.45) is 0 Å². The third-order valence-electron chi connectivity index (χ3n) is 4.74. The van der Waals surface area contributed by atoms with Crippen LogP contribution in [0.15, 0.2) is 42.5 Å². The molecular formula is C20H25I2N3O. The lowest BCUT2D eigenvalue weighted by Gasteiger charge is -2.34. The fraction of sp³-hybridized carbons (Fsp3) is 0.400. The molecule has 1 aliphatic rings. The molecular weight excluding hydrogens is 552 g/mol. The summed E-state index contributed by atoms with van der Waals surface area (Å²) >= 11 is 4.48. The van der Waals surface area contributed by atoms with E-state index in [1.165, 1.54) is 5.56 Å². The number of hydrogen-bond donors (Lipinski definition) is 2. The maximum atomic E-state index is 10.2. The summed E-state index contributed by atoms with van der Waals surface area (Å²) in [6.07, 6.45) is 0. The van der Waals surface area contributed by atoms with Gasteiger partial charge in [-0.2, -0.15) is 0 Å². The van der Waals surface area contributed by atoms with Crippen LogP contribution in [-0.4, -0.2) is 54.2 Å². The molecule has 1 aliphatic heterocycles. The van der Waals surface area contributed by atoms with Crippen molar-refractivity contribution in [3.63, 3.8) is 0 Å². The average Bonchev–Trinajstić information content (AvgIpc) is 2.64. The molecule has 1 saturated heterocycles. The molecule has 1 heterocycles. The Morgan fingerprint density at radius 2 is 1.65 bits per heavy atom. The second-order valence-corrected chi connectivity index (χ2v) is 9.08. The Morgan fingerprint density at radius 3 is 2.38 bits per heavy atom. The number of nitrogens with zero attached hydrogens (tertiary/aromatic N) is 2. The lowest BCUT2D eigenvalue weighted by molar-refractivity contribution is 0.127. The molecule has 6 heteroatoms. The maximum Gasteiger partial charge on any atom is 0.133 e. The molecule has 0 radical (unpaired) electrons. The summed E-state index contributed by atoms with van der Waals surface area (Å²) in [5.74, 6) is 0.410. The highest BCUT2D eigenvalue weighted by molar-refractivity contribution is 14.1. The lowest BCUT2D eigenvalue weighted by Crippen LogP contribution is -2.47. The van der Waals surface area contributed by atoms with Gasteiger partial charge in [0.25, 0.3) is 0 Å². The lowest BCUT2D eigenvalue weighted by atomic mass is 10.2. The highest BCUT2D eigenvalue weighted by atomic mass is 127. The van der Waals surface area contributed by atoms with E-state index in [0.717, 1.165) is 58.5 Å². The van der Waals surface area contributed by atoms with Crippen molar-refractivity contribution in [1.29, 1.82) is 0 Å². The summed E-state index contributed by atoms with van der Waals surface area (Å²) in [5.41, 5.74) is 2.38. The summed E-state index contributed by atoms with van der Waals surface area (Å²) in [5, 5.41) is 13.6. The molecule has 140 valence electrons. The van der Waals surface area contributed by atoms with E-state index in [1.54, 1.807) is 0 Å². The second-order valence-electron chi connectivity index (χ2n) is 6.68. The minimum atomic E-state index is 0.410. The number of phenolic OH excluding ortho intramolecular Hbond substituents is 1. The van der Waals surface area contributed by atoms with Crippen LogP contribution in [-0.2, 0) is 13.1 Å². The van der Waals surface area contributed by atoms with Crippen LogP contribution in [0.1, 0.15) is 11.1 Å². The Balaban J connectivity index is 1.35. The van der Waals surface area contributed by atoms with Crippen molar-refractivity contribution < 1.29 is 5.11 Å². The van der Waals surface area contributed by atoms with Crippen LogP contribution in [0.25, 0.3) is 0 Å². The van der Waals surface area contributed by atoms with E-state index in [4.69, 9.17) is 0 Å². The summed E-state index contributed by atoms with van der Waals surface area (Å²) < 4.78 is 2.08. The zero-order valence-corrected chi connectivity index (χ0v) is 19.1. The third kappa shape index (κ3) is 6.05. The number of piperazine rings is 1. The van der Waals surface area contributed by atoms with Crippen LogP contribution >= 0.6 is 45.2 Å². The number of rotatable bonds is 7. The molecule has 0 aromatic heterocycles. The Kier molecular flexibility index (Phi) is 7.98. The van der Waals surface area contributed by atoms with Crippen LogP contribution < -0.4 is 5.32 Å².